The van der Waals surface area contributed by atoms with Gasteiger partial charge in [-0.3, -0.25) is 14.4 Å². The first kappa shape index (κ1) is 25.8. The lowest BCUT2D eigenvalue weighted by atomic mass is 10.2. The van der Waals surface area contributed by atoms with Gasteiger partial charge >= 0.3 is 5.97 Å². The molecule has 0 aliphatic rings. The Labute approximate surface area is 198 Å². The molecule has 1 aromatic carbocycles. The van der Waals surface area contributed by atoms with E-state index in [0.29, 0.717) is 35.1 Å². The van der Waals surface area contributed by atoms with Crippen LogP contribution in [0.5, 0.6) is 0 Å². The molecule has 1 N–H and O–H groups in total. The van der Waals surface area contributed by atoms with E-state index < -0.39 is 5.97 Å². The minimum Gasteiger partial charge on any atom is -0.466 e. The van der Waals surface area contributed by atoms with E-state index in [4.69, 9.17) is 4.74 Å². The summed E-state index contributed by atoms with van der Waals surface area (Å²) in [4.78, 5) is 46.4. The molecule has 0 fully saturated rings. The van der Waals surface area contributed by atoms with Crippen molar-refractivity contribution in [3.63, 3.8) is 0 Å². The molecule has 2 rings (SSSR count). The van der Waals surface area contributed by atoms with Gasteiger partial charge in [0, 0.05) is 42.8 Å². The monoisotopic (exact) mass is 468 g/mol. The van der Waals surface area contributed by atoms with Crippen molar-refractivity contribution in [1.29, 1.82) is 0 Å². The third-order valence-corrected chi connectivity index (χ3v) is 5.68. The minimum absolute atomic E-state index is 0.104. The number of nitrogens with zero attached hydrogens (tertiary/aromatic N) is 3. The van der Waals surface area contributed by atoms with E-state index in [1.54, 1.807) is 33.2 Å². The number of allylic oxidation sites excluding steroid dienone is 1. The van der Waals surface area contributed by atoms with Crippen molar-refractivity contribution in [2.45, 2.75) is 33.7 Å². The van der Waals surface area contributed by atoms with Crippen molar-refractivity contribution < 1.29 is 19.1 Å². The second kappa shape index (κ2) is 13.2. The van der Waals surface area contributed by atoms with Crippen LogP contribution in [0.4, 0.5) is 5.82 Å². The number of rotatable bonds is 11. The summed E-state index contributed by atoms with van der Waals surface area (Å²) in [5.74, 6) is 0.828. The Morgan fingerprint density at radius 1 is 1.21 bits per heavy atom. The van der Waals surface area contributed by atoms with Crippen molar-refractivity contribution in [3.05, 3.63) is 70.2 Å². The highest BCUT2D eigenvalue weighted by Gasteiger charge is 2.17. The lowest BCUT2D eigenvalue weighted by Crippen LogP contribution is -2.22. The van der Waals surface area contributed by atoms with Crippen LogP contribution in [0, 0.1) is 6.92 Å². The van der Waals surface area contributed by atoms with Crippen molar-refractivity contribution >= 4 is 41.2 Å². The van der Waals surface area contributed by atoms with Crippen LogP contribution in [0.15, 0.2) is 53.2 Å². The first-order chi connectivity index (χ1) is 15.8. The molecule has 0 radical (unpaired) electrons. The third-order valence-electron chi connectivity index (χ3n) is 4.59. The Bertz CT molecular complexity index is 1040. The Hall–Kier alpha value is -3.46. The summed E-state index contributed by atoms with van der Waals surface area (Å²) in [6.45, 7) is 5.19. The fourth-order valence-corrected chi connectivity index (χ4v) is 3.71. The van der Waals surface area contributed by atoms with E-state index >= 15 is 0 Å². The molecule has 0 bridgehead atoms. The highest BCUT2D eigenvalue weighted by Crippen LogP contribution is 2.28. The fraction of sp³-hybridized carbons (Fsp3) is 0.292. The van der Waals surface area contributed by atoms with Crippen LogP contribution in [0.3, 0.4) is 0 Å². The molecule has 9 heteroatoms. The maximum absolute atomic E-state index is 12.6. The lowest BCUT2D eigenvalue weighted by molar-refractivity contribution is -0.140. The molecule has 0 saturated heterocycles. The number of hydrogen-bond donors (Lipinski definition) is 1. The first-order valence-corrected chi connectivity index (χ1v) is 11.2. The van der Waals surface area contributed by atoms with E-state index in [1.807, 2.05) is 30.3 Å². The number of thioether (sulfide) groups is 1. The molecule has 0 aliphatic heterocycles. The second-order valence-electron chi connectivity index (χ2n) is 7.04. The topological polar surface area (TPSA) is 101 Å². The number of carbonyl (C=O) groups is 3. The zero-order valence-electron chi connectivity index (χ0n) is 19.2. The van der Waals surface area contributed by atoms with Gasteiger partial charge in [0.25, 0.3) is 0 Å². The molecule has 0 atom stereocenters. The van der Waals surface area contributed by atoms with Gasteiger partial charge in [-0.15, -0.1) is 0 Å². The number of hydrogen-bond acceptors (Lipinski definition) is 8. The fourth-order valence-electron chi connectivity index (χ4n) is 2.88. The van der Waals surface area contributed by atoms with Crippen molar-refractivity contribution in [3.8, 4) is 0 Å². The number of aryl methyl sites for hydroxylation is 1. The molecule has 174 valence electrons. The summed E-state index contributed by atoms with van der Waals surface area (Å²) in [6.07, 6.45) is 5.88. The third kappa shape index (κ3) is 8.53. The number of esters is 1. The molecule has 0 spiro atoms. The predicted octanol–water partition coefficient (Wildman–Crippen LogP) is 3.94. The Morgan fingerprint density at radius 3 is 2.58 bits per heavy atom. The number of carbonyl (C=O) groups excluding carboxylic acids is 3. The largest absolute Gasteiger partial charge is 0.466 e. The molecule has 33 heavy (non-hydrogen) atoms. The van der Waals surface area contributed by atoms with Gasteiger partial charge in [0.1, 0.15) is 11.6 Å². The zero-order chi connectivity index (χ0) is 24.2. The second-order valence-corrected chi connectivity index (χ2v) is 8.14. The Kier molecular flexibility index (Phi) is 10.3. The van der Waals surface area contributed by atoms with Crippen LogP contribution in [0.1, 0.15) is 37.2 Å². The van der Waals surface area contributed by atoms with Gasteiger partial charge in [-0.25, -0.2) is 9.97 Å². The number of aromatic nitrogens is 2. The molecule has 0 aliphatic carbocycles. The van der Waals surface area contributed by atoms with E-state index in [2.05, 4.69) is 15.3 Å². The molecule has 0 unspecified atom stereocenters. The van der Waals surface area contributed by atoms with Crippen molar-refractivity contribution in [2.24, 2.45) is 0 Å². The van der Waals surface area contributed by atoms with Gasteiger partial charge in [-0.2, -0.15) is 0 Å². The van der Waals surface area contributed by atoms with Gasteiger partial charge in [0.15, 0.2) is 0 Å². The van der Waals surface area contributed by atoms with Gasteiger partial charge < -0.3 is 15.0 Å². The molecule has 1 heterocycles. The molecule has 1 amide bonds. The first-order valence-electron chi connectivity index (χ1n) is 10.3. The van der Waals surface area contributed by atoms with Gasteiger partial charge in [-0.05, 0) is 37.2 Å². The predicted molar refractivity (Wildman–Crippen MR) is 130 cm³/mol. The summed E-state index contributed by atoms with van der Waals surface area (Å²) in [7, 11) is 1.75. The minimum atomic E-state index is -0.407. The van der Waals surface area contributed by atoms with Crippen LogP contribution >= 0.6 is 11.8 Å². The highest BCUT2D eigenvalue weighted by molar-refractivity contribution is 8.17. The van der Waals surface area contributed by atoms with Crippen LogP contribution in [-0.2, 0) is 25.7 Å². The van der Waals surface area contributed by atoms with E-state index in [0.717, 1.165) is 22.9 Å². The van der Waals surface area contributed by atoms with Crippen LogP contribution < -0.4 is 5.32 Å². The van der Waals surface area contributed by atoms with E-state index in [9.17, 15) is 14.4 Å². The molecular formula is C24H28N4O4S. The molecule has 8 nitrogen and oxygen atoms in total. The average molecular weight is 469 g/mol. The Balaban J connectivity index is 2.26. The molecular weight excluding hydrogens is 440 g/mol. The maximum atomic E-state index is 12.6. The lowest BCUT2D eigenvalue weighted by Gasteiger charge is -2.22. The Morgan fingerprint density at radius 2 is 1.94 bits per heavy atom. The average Bonchev–Trinajstić information content (AvgIpc) is 2.81. The number of benzene rings is 1. The van der Waals surface area contributed by atoms with Gasteiger partial charge in [0.05, 0.1) is 13.2 Å². The summed E-state index contributed by atoms with van der Waals surface area (Å²) in [6, 6.07) is 9.48. The molecule has 1 aromatic heterocycles. The van der Waals surface area contributed by atoms with Crippen LogP contribution in [-0.4, -0.2) is 46.0 Å². The molecule has 2 aromatic rings. The smallest absolute Gasteiger partial charge is 0.302 e. The number of anilines is 1. The number of ether oxygens (including phenoxy) is 1. The highest BCUT2D eigenvalue weighted by atomic mass is 32.2. The van der Waals surface area contributed by atoms with Gasteiger partial charge in [-0.1, -0.05) is 36.4 Å². The van der Waals surface area contributed by atoms with Crippen molar-refractivity contribution in [1.82, 2.24) is 14.9 Å². The van der Waals surface area contributed by atoms with E-state index in [1.165, 1.54) is 17.9 Å². The van der Waals surface area contributed by atoms with Crippen molar-refractivity contribution in [2.75, 3.05) is 19.0 Å². The zero-order valence-corrected chi connectivity index (χ0v) is 20.0. The van der Waals surface area contributed by atoms with Crippen LogP contribution in [0.2, 0.25) is 0 Å². The summed E-state index contributed by atoms with van der Waals surface area (Å²) in [5.41, 5.74) is 2.22. The molecule has 0 saturated carbocycles. The summed E-state index contributed by atoms with van der Waals surface area (Å²) >= 11 is 1.01. The standard InChI is InChI=1S/C24H28N4O4S/c1-17(28(16-29)15-21-14-26-18(2)27-24(21)25-4)22(12-13-32-19(3)30)33-23(31)11-10-20-8-6-5-7-9-20/h5-11,14,16H,12-13,15H2,1-4H3,(H,25,26,27)/b11-10+,22-17-. The van der Waals surface area contributed by atoms with E-state index in [-0.39, 0.29) is 18.3 Å². The number of amides is 1. The number of nitrogens with one attached hydrogen (secondary N) is 1. The normalized spacial score (nSPS) is 11.6. The summed E-state index contributed by atoms with van der Waals surface area (Å²) in [5, 5.41) is 2.81. The SMILES string of the molecule is CNc1nc(C)ncc1CN(C=O)/C(C)=C(/CCOC(C)=O)SC(=O)/C=C/c1ccccc1. The van der Waals surface area contributed by atoms with Crippen LogP contribution in [0.25, 0.3) is 6.08 Å². The van der Waals surface area contributed by atoms with Gasteiger partial charge in [0.2, 0.25) is 11.5 Å². The summed E-state index contributed by atoms with van der Waals surface area (Å²) < 4.78 is 5.06. The maximum Gasteiger partial charge on any atom is 0.302 e. The quantitative estimate of drug-likeness (QED) is 0.301.